The van der Waals surface area contributed by atoms with E-state index in [4.69, 9.17) is 5.10 Å². The molecule has 1 aliphatic heterocycles. The molecule has 0 saturated heterocycles. The number of H-pyrrole nitrogens is 1. The SMILES string of the molecule is CCc1cccc(C)c1-n1nc2c(c1-c1ccc3[nH]ccc3c1)CN(Cc1ccccc1C(F)(F)F)CC2. The molecule has 0 unspecified atom stereocenters. The van der Waals surface area contributed by atoms with E-state index >= 15 is 0 Å². The van der Waals surface area contributed by atoms with Crippen LogP contribution in [0.5, 0.6) is 0 Å². The molecule has 0 aliphatic carbocycles. The number of aromatic nitrogens is 3. The van der Waals surface area contributed by atoms with Gasteiger partial charge in [-0.2, -0.15) is 18.3 Å². The monoisotopic (exact) mass is 514 g/mol. The fourth-order valence-electron chi connectivity index (χ4n) is 5.71. The summed E-state index contributed by atoms with van der Waals surface area (Å²) in [5.74, 6) is 0. The van der Waals surface area contributed by atoms with Gasteiger partial charge in [0.15, 0.2) is 0 Å². The number of hydrogen-bond donors (Lipinski definition) is 1. The lowest BCUT2D eigenvalue weighted by Gasteiger charge is -2.28. The lowest BCUT2D eigenvalue weighted by atomic mass is 9.98. The van der Waals surface area contributed by atoms with Crippen molar-refractivity contribution in [3.05, 3.63) is 106 Å². The number of rotatable bonds is 5. The highest BCUT2D eigenvalue weighted by molar-refractivity contribution is 5.85. The molecule has 1 aliphatic rings. The lowest BCUT2D eigenvalue weighted by molar-refractivity contribution is -0.138. The normalized spacial score (nSPS) is 14.2. The molecule has 6 rings (SSSR count). The first kappa shape index (κ1) is 24.5. The molecule has 7 heteroatoms. The molecule has 194 valence electrons. The molecule has 4 nitrogen and oxygen atoms in total. The maximum atomic E-state index is 13.7. The number of fused-ring (bicyclic) bond motifs is 2. The van der Waals surface area contributed by atoms with Crippen molar-refractivity contribution in [3.63, 3.8) is 0 Å². The molecule has 0 saturated carbocycles. The molecule has 0 atom stereocenters. The first-order valence-corrected chi connectivity index (χ1v) is 13.0. The van der Waals surface area contributed by atoms with Gasteiger partial charge in [0, 0.05) is 54.3 Å². The maximum absolute atomic E-state index is 13.7. The van der Waals surface area contributed by atoms with Crippen LogP contribution in [-0.4, -0.2) is 26.2 Å². The number of para-hydroxylation sites is 1. The first-order valence-electron chi connectivity index (χ1n) is 13.0. The second kappa shape index (κ2) is 9.48. The standard InChI is InChI=1S/C31H29F3N4/c1-3-21-9-6-7-20(2)29(21)38-30(23-11-12-27-22(17-23)13-15-35-27)25-19-37(16-14-28(25)36-38)18-24-8-4-5-10-26(24)31(32,33)34/h4-13,15,17,35H,3,14,16,18-19H2,1-2H3. The molecule has 0 amide bonds. The average molecular weight is 515 g/mol. The smallest absolute Gasteiger partial charge is 0.361 e. The summed E-state index contributed by atoms with van der Waals surface area (Å²) in [5, 5.41) is 6.24. The minimum Gasteiger partial charge on any atom is -0.361 e. The van der Waals surface area contributed by atoms with Crippen molar-refractivity contribution in [3.8, 4) is 16.9 Å². The van der Waals surface area contributed by atoms with Crippen molar-refractivity contribution in [2.24, 2.45) is 0 Å². The van der Waals surface area contributed by atoms with E-state index in [1.54, 1.807) is 12.1 Å². The zero-order valence-corrected chi connectivity index (χ0v) is 21.4. The van der Waals surface area contributed by atoms with Crippen molar-refractivity contribution in [2.75, 3.05) is 6.54 Å². The molecule has 38 heavy (non-hydrogen) atoms. The van der Waals surface area contributed by atoms with Crippen molar-refractivity contribution in [1.82, 2.24) is 19.7 Å². The van der Waals surface area contributed by atoms with E-state index < -0.39 is 11.7 Å². The van der Waals surface area contributed by atoms with Crippen LogP contribution in [0.2, 0.25) is 0 Å². The van der Waals surface area contributed by atoms with Gasteiger partial charge >= 0.3 is 6.18 Å². The number of alkyl halides is 3. The molecule has 0 bridgehead atoms. The Balaban J connectivity index is 1.47. The highest BCUT2D eigenvalue weighted by Crippen LogP contribution is 2.37. The number of nitrogens with zero attached hydrogens (tertiary/aromatic N) is 3. The van der Waals surface area contributed by atoms with Crippen LogP contribution < -0.4 is 0 Å². The number of aromatic amines is 1. The van der Waals surface area contributed by atoms with E-state index in [2.05, 4.69) is 70.9 Å². The van der Waals surface area contributed by atoms with Gasteiger partial charge in [-0.05, 0) is 54.3 Å². The molecule has 3 heterocycles. The fraction of sp³-hybridized carbons (Fsp3) is 0.258. The third-order valence-corrected chi connectivity index (χ3v) is 7.57. The van der Waals surface area contributed by atoms with Crippen LogP contribution in [-0.2, 0) is 32.1 Å². The third kappa shape index (κ3) is 4.31. The molecule has 5 aromatic rings. The van der Waals surface area contributed by atoms with Crippen molar-refractivity contribution >= 4 is 10.9 Å². The minimum absolute atomic E-state index is 0.237. The van der Waals surface area contributed by atoms with Crippen molar-refractivity contribution in [2.45, 2.75) is 46.0 Å². The number of benzene rings is 3. The first-order chi connectivity index (χ1) is 18.3. The number of nitrogens with one attached hydrogen (secondary N) is 1. The Bertz CT molecular complexity index is 1630. The van der Waals surface area contributed by atoms with Gasteiger partial charge in [-0.25, -0.2) is 4.68 Å². The van der Waals surface area contributed by atoms with Crippen LogP contribution in [0.25, 0.3) is 27.8 Å². The Kier molecular flexibility index (Phi) is 6.11. The molecule has 1 N–H and O–H groups in total. The van der Waals surface area contributed by atoms with Gasteiger partial charge in [0.25, 0.3) is 0 Å². The highest BCUT2D eigenvalue weighted by Gasteiger charge is 2.34. The van der Waals surface area contributed by atoms with Crippen LogP contribution in [0.4, 0.5) is 13.2 Å². The maximum Gasteiger partial charge on any atom is 0.416 e. The average Bonchev–Trinajstić information content (AvgIpc) is 3.52. The Labute approximate surface area is 219 Å². The van der Waals surface area contributed by atoms with E-state index in [0.29, 0.717) is 25.1 Å². The predicted molar refractivity (Wildman–Crippen MR) is 144 cm³/mol. The Morgan fingerprint density at radius 3 is 2.61 bits per heavy atom. The van der Waals surface area contributed by atoms with E-state index in [9.17, 15) is 13.2 Å². The van der Waals surface area contributed by atoms with Crippen LogP contribution in [0, 0.1) is 6.92 Å². The van der Waals surface area contributed by atoms with Gasteiger partial charge < -0.3 is 4.98 Å². The number of halogens is 3. The summed E-state index contributed by atoms with van der Waals surface area (Å²) in [6.07, 6.45) is -0.889. The molecule has 0 radical (unpaired) electrons. The zero-order valence-electron chi connectivity index (χ0n) is 21.4. The summed E-state index contributed by atoms with van der Waals surface area (Å²) < 4.78 is 43.2. The number of aryl methyl sites for hydroxylation is 2. The van der Waals surface area contributed by atoms with E-state index in [0.717, 1.165) is 51.1 Å². The predicted octanol–water partition coefficient (Wildman–Crippen LogP) is 7.47. The minimum atomic E-state index is -4.37. The van der Waals surface area contributed by atoms with E-state index in [1.165, 1.54) is 17.7 Å². The molecule has 0 spiro atoms. The second-order valence-corrected chi connectivity index (χ2v) is 10.0. The quantitative estimate of drug-likeness (QED) is 0.264. The van der Waals surface area contributed by atoms with Gasteiger partial charge in [-0.1, -0.05) is 49.4 Å². The van der Waals surface area contributed by atoms with Crippen LogP contribution in [0.15, 0.2) is 72.9 Å². The summed E-state index contributed by atoms with van der Waals surface area (Å²) in [7, 11) is 0. The van der Waals surface area contributed by atoms with E-state index in [1.807, 2.05) is 6.20 Å². The summed E-state index contributed by atoms with van der Waals surface area (Å²) in [5.41, 5.74) is 8.40. The summed E-state index contributed by atoms with van der Waals surface area (Å²) >= 11 is 0. The second-order valence-electron chi connectivity index (χ2n) is 10.0. The number of hydrogen-bond acceptors (Lipinski definition) is 2. The third-order valence-electron chi connectivity index (χ3n) is 7.57. The molecule has 2 aromatic heterocycles. The van der Waals surface area contributed by atoms with Crippen LogP contribution >= 0.6 is 0 Å². The molecule has 0 fully saturated rings. The van der Waals surface area contributed by atoms with Gasteiger partial charge in [0.2, 0.25) is 0 Å². The van der Waals surface area contributed by atoms with Crippen molar-refractivity contribution < 1.29 is 13.2 Å². The van der Waals surface area contributed by atoms with Gasteiger partial charge in [-0.15, -0.1) is 0 Å². The Hall–Kier alpha value is -3.84. The lowest BCUT2D eigenvalue weighted by Crippen LogP contribution is -2.30. The van der Waals surface area contributed by atoms with Gasteiger partial charge in [0.1, 0.15) is 0 Å². The fourth-order valence-corrected chi connectivity index (χ4v) is 5.71. The molecular formula is C31H29F3N4. The zero-order chi connectivity index (χ0) is 26.4. The van der Waals surface area contributed by atoms with Crippen LogP contribution in [0.1, 0.15) is 40.4 Å². The van der Waals surface area contributed by atoms with E-state index in [-0.39, 0.29) is 6.54 Å². The highest BCUT2D eigenvalue weighted by atomic mass is 19.4. The summed E-state index contributed by atoms with van der Waals surface area (Å²) in [4.78, 5) is 5.36. The van der Waals surface area contributed by atoms with Gasteiger partial charge in [-0.3, -0.25) is 4.90 Å². The Morgan fingerprint density at radius 1 is 0.974 bits per heavy atom. The van der Waals surface area contributed by atoms with Crippen LogP contribution in [0.3, 0.4) is 0 Å². The Morgan fingerprint density at radius 2 is 1.79 bits per heavy atom. The topological polar surface area (TPSA) is 36.9 Å². The summed E-state index contributed by atoms with van der Waals surface area (Å²) in [6, 6.07) is 20.6. The molecule has 3 aromatic carbocycles. The molecular weight excluding hydrogens is 485 g/mol. The van der Waals surface area contributed by atoms with Gasteiger partial charge in [0.05, 0.1) is 22.6 Å². The van der Waals surface area contributed by atoms with Crippen molar-refractivity contribution in [1.29, 1.82) is 0 Å². The summed E-state index contributed by atoms with van der Waals surface area (Å²) in [6.45, 7) is 5.68. The largest absolute Gasteiger partial charge is 0.416 e.